The van der Waals surface area contributed by atoms with E-state index in [1.165, 1.54) is 11.3 Å². The highest BCUT2D eigenvalue weighted by molar-refractivity contribution is 7.13. The second-order valence-electron chi connectivity index (χ2n) is 3.66. The standard InChI is InChI=1S/C12H11N3OS/c1-16-10-4-2-3-7-8(5-14-11(7)10)9-6-17-12(13)15-9/h2-6,14H,1H3,(H2,13,15). The molecule has 1 aromatic carbocycles. The molecule has 17 heavy (non-hydrogen) atoms. The van der Waals surface area contributed by atoms with Crippen molar-refractivity contribution in [2.45, 2.75) is 0 Å². The molecule has 0 aliphatic rings. The number of anilines is 1. The van der Waals surface area contributed by atoms with Crippen LogP contribution in [0.4, 0.5) is 5.13 Å². The molecule has 0 spiro atoms. The third kappa shape index (κ3) is 1.55. The van der Waals surface area contributed by atoms with E-state index >= 15 is 0 Å². The second kappa shape index (κ2) is 3.78. The molecule has 0 amide bonds. The van der Waals surface area contributed by atoms with E-state index < -0.39 is 0 Å². The number of aromatic amines is 1. The van der Waals surface area contributed by atoms with Gasteiger partial charge in [-0.05, 0) is 6.07 Å². The zero-order valence-electron chi connectivity index (χ0n) is 9.23. The molecule has 0 aliphatic heterocycles. The first-order chi connectivity index (χ1) is 8.29. The molecule has 0 fully saturated rings. The molecule has 0 atom stereocenters. The van der Waals surface area contributed by atoms with Gasteiger partial charge in [-0.1, -0.05) is 12.1 Å². The van der Waals surface area contributed by atoms with Gasteiger partial charge in [0.2, 0.25) is 0 Å². The van der Waals surface area contributed by atoms with E-state index in [4.69, 9.17) is 10.5 Å². The molecule has 0 bridgehead atoms. The van der Waals surface area contributed by atoms with Crippen molar-refractivity contribution >= 4 is 27.4 Å². The number of ether oxygens (including phenoxy) is 1. The van der Waals surface area contributed by atoms with Crippen molar-refractivity contribution in [1.29, 1.82) is 0 Å². The fourth-order valence-electron chi connectivity index (χ4n) is 1.92. The van der Waals surface area contributed by atoms with Crippen LogP contribution in [0.15, 0.2) is 29.8 Å². The van der Waals surface area contributed by atoms with Crippen LogP contribution in [0, 0.1) is 0 Å². The predicted octanol–water partition coefficient (Wildman–Crippen LogP) is 2.88. The molecule has 0 unspecified atom stereocenters. The molecule has 3 N–H and O–H groups in total. The van der Waals surface area contributed by atoms with E-state index in [0.29, 0.717) is 5.13 Å². The van der Waals surface area contributed by atoms with Gasteiger partial charge in [-0.3, -0.25) is 0 Å². The van der Waals surface area contributed by atoms with Crippen molar-refractivity contribution < 1.29 is 4.74 Å². The molecule has 0 saturated heterocycles. The molecule has 2 heterocycles. The van der Waals surface area contributed by atoms with Gasteiger partial charge in [0.15, 0.2) is 5.13 Å². The number of nitrogens with two attached hydrogens (primary N) is 1. The summed E-state index contributed by atoms with van der Waals surface area (Å²) >= 11 is 1.44. The number of hydrogen-bond acceptors (Lipinski definition) is 4. The van der Waals surface area contributed by atoms with E-state index in [0.717, 1.165) is 27.9 Å². The van der Waals surface area contributed by atoms with Gasteiger partial charge in [0.05, 0.1) is 18.3 Å². The minimum Gasteiger partial charge on any atom is -0.495 e. The lowest BCUT2D eigenvalue weighted by atomic mass is 10.1. The number of nitrogens with zero attached hydrogens (tertiary/aromatic N) is 1. The Balaban J connectivity index is 2.25. The first-order valence-corrected chi connectivity index (χ1v) is 6.03. The molecule has 3 aromatic rings. The normalized spacial score (nSPS) is 10.9. The first-order valence-electron chi connectivity index (χ1n) is 5.15. The fraction of sp³-hybridized carbons (Fsp3) is 0.0833. The fourth-order valence-corrected chi connectivity index (χ4v) is 2.48. The number of rotatable bonds is 2. The van der Waals surface area contributed by atoms with Crippen LogP contribution in [0.1, 0.15) is 0 Å². The second-order valence-corrected chi connectivity index (χ2v) is 4.55. The molecule has 5 heteroatoms. The van der Waals surface area contributed by atoms with Crippen molar-refractivity contribution in [1.82, 2.24) is 9.97 Å². The van der Waals surface area contributed by atoms with Crippen LogP contribution in [0.25, 0.3) is 22.2 Å². The molecular formula is C12H11N3OS. The molecule has 86 valence electrons. The highest BCUT2D eigenvalue weighted by Gasteiger charge is 2.11. The summed E-state index contributed by atoms with van der Waals surface area (Å²) in [5.74, 6) is 0.831. The number of H-pyrrole nitrogens is 1. The van der Waals surface area contributed by atoms with Crippen LogP contribution in [-0.2, 0) is 0 Å². The topological polar surface area (TPSA) is 63.9 Å². The number of para-hydroxylation sites is 1. The maximum absolute atomic E-state index is 5.66. The van der Waals surface area contributed by atoms with Gasteiger partial charge in [0, 0.05) is 22.5 Å². The molecule has 0 radical (unpaired) electrons. The molecule has 3 rings (SSSR count). The Morgan fingerprint density at radius 2 is 2.29 bits per heavy atom. The number of fused-ring (bicyclic) bond motifs is 1. The van der Waals surface area contributed by atoms with E-state index in [1.807, 2.05) is 29.8 Å². The lowest BCUT2D eigenvalue weighted by Gasteiger charge is -2.00. The highest BCUT2D eigenvalue weighted by atomic mass is 32.1. The minimum atomic E-state index is 0.581. The maximum Gasteiger partial charge on any atom is 0.180 e. The van der Waals surface area contributed by atoms with Crippen LogP contribution in [0.3, 0.4) is 0 Å². The third-order valence-corrected chi connectivity index (χ3v) is 3.37. The largest absolute Gasteiger partial charge is 0.495 e. The van der Waals surface area contributed by atoms with Gasteiger partial charge >= 0.3 is 0 Å². The summed E-state index contributed by atoms with van der Waals surface area (Å²) in [7, 11) is 1.66. The van der Waals surface area contributed by atoms with Crippen molar-refractivity contribution in [2.75, 3.05) is 12.8 Å². The number of methoxy groups -OCH3 is 1. The molecule has 2 aromatic heterocycles. The van der Waals surface area contributed by atoms with Crippen LogP contribution >= 0.6 is 11.3 Å². The van der Waals surface area contributed by atoms with Gasteiger partial charge < -0.3 is 15.5 Å². The van der Waals surface area contributed by atoms with Gasteiger partial charge in [-0.2, -0.15) is 0 Å². The lowest BCUT2D eigenvalue weighted by molar-refractivity contribution is 0.419. The monoisotopic (exact) mass is 245 g/mol. The first kappa shape index (κ1) is 10.2. The number of nitrogens with one attached hydrogen (secondary N) is 1. The van der Waals surface area contributed by atoms with E-state index in [-0.39, 0.29) is 0 Å². The SMILES string of the molecule is COc1cccc2c(-c3csc(N)n3)c[nH]c12. The molecule has 4 nitrogen and oxygen atoms in total. The van der Waals surface area contributed by atoms with Crippen LogP contribution < -0.4 is 10.5 Å². The molecular weight excluding hydrogens is 234 g/mol. The van der Waals surface area contributed by atoms with E-state index in [1.54, 1.807) is 7.11 Å². The third-order valence-electron chi connectivity index (χ3n) is 2.70. The van der Waals surface area contributed by atoms with Gasteiger partial charge in [0.1, 0.15) is 5.75 Å². The Hall–Kier alpha value is -2.01. The number of benzene rings is 1. The van der Waals surface area contributed by atoms with Gasteiger partial charge in [-0.25, -0.2) is 4.98 Å². The zero-order valence-corrected chi connectivity index (χ0v) is 10.0. The molecule has 0 aliphatic carbocycles. The zero-order chi connectivity index (χ0) is 11.8. The maximum atomic E-state index is 5.66. The van der Waals surface area contributed by atoms with Crippen molar-refractivity contribution in [3.05, 3.63) is 29.8 Å². The minimum absolute atomic E-state index is 0.581. The average Bonchev–Trinajstić information content (AvgIpc) is 2.94. The quantitative estimate of drug-likeness (QED) is 0.729. The summed E-state index contributed by atoms with van der Waals surface area (Å²) in [6, 6.07) is 5.94. The number of hydrogen-bond donors (Lipinski definition) is 2. The van der Waals surface area contributed by atoms with Crippen LogP contribution in [0.5, 0.6) is 5.75 Å². The highest BCUT2D eigenvalue weighted by Crippen LogP contribution is 2.33. The smallest absolute Gasteiger partial charge is 0.180 e. The Bertz CT molecular complexity index is 671. The summed E-state index contributed by atoms with van der Waals surface area (Å²) in [5, 5.41) is 3.63. The summed E-state index contributed by atoms with van der Waals surface area (Å²) in [6.07, 6.45) is 1.93. The van der Waals surface area contributed by atoms with Gasteiger partial charge in [0.25, 0.3) is 0 Å². The van der Waals surface area contributed by atoms with Crippen molar-refractivity contribution in [2.24, 2.45) is 0 Å². The summed E-state index contributed by atoms with van der Waals surface area (Å²) in [4.78, 5) is 7.51. The summed E-state index contributed by atoms with van der Waals surface area (Å²) in [5.41, 5.74) is 8.58. The predicted molar refractivity (Wildman–Crippen MR) is 70.4 cm³/mol. The van der Waals surface area contributed by atoms with E-state index in [2.05, 4.69) is 9.97 Å². The number of aromatic nitrogens is 2. The lowest BCUT2D eigenvalue weighted by Crippen LogP contribution is -1.84. The number of nitrogen functional groups attached to an aromatic ring is 1. The number of thiazole rings is 1. The van der Waals surface area contributed by atoms with E-state index in [9.17, 15) is 0 Å². The Kier molecular flexibility index (Phi) is 2.26. The van der Waals surface area contributed by atoms with Crippen molar-refractivity contribution in [3.8, 4) is 17.0 Å². The summed E-state index contributed by atoms with van der Waals surface area (Å²) < 4.78 is 5.31. The summed E-state index contributed by atoms with van der Waals surface area (Å²) in [6.45, 7) is 0. The van der Waals surface area contributed by atoms with Crippen molar-refractivity contribution in [3.63, 3.8) is 0 Å². The Labute approximate surface area is 102 Å². The van der Waals surface area contributed by atoms with Gasteiger partial charge in [-0.15, -0.1) is 11.3 Å². The van der Waals surface area contributed by atoms with Crippen LogP contribution in [0.2, 0.25) is 0 Å². The molecule has 0 saturated carbocycles. The Morgan fingerprint density at radius 3 is 3.00 bits per heavy atom. The Morgan fingerprint density at radius 1 is 1.41 bits per heavy atom. The average molecular weight is 245 g/mol. The van der Waals surface area contributed by atoms with Crippen LogP contribution in [-0.4, -0.2) is 17.1 Å².